The molecule has 0 aromatic rings. The van der Waals surface area contributed by atoms with E-state index in [-0.39, 0.29) is 31.1 Å². The first kappa shape index (κ1) is 11.5. The molecule has 1 aliphatic heterocycles. The molecule has 1 rings (SSSR count). The molecule has 1 fully saturated rings. The monoisotopic (exact) mass is 219 g/mol. The molecule has 0 spiro atoms. The fourth-order valence-corrected chi connectivity index (χ4v) is 1.79. The number of amides is 2. The zero-order chi connectivity index (χ0) is 10.8. The Kier molecular flexibility index (Phi) is 3.50. The highest BCUT2D eigenvalue weighted by Gasteiger charge is 2.43. The zero-order valence-electron chi connectivity index (χ0n) is 8.12. The molecule has 5 heteroatoms. The molecule has 80 valence electrons. The maximum absolute atomic E-state index is 11.3. The lowest BCUT2D eigenvalue weighted by Crippen LogP contribution is -2.47. The molecule has 1 N–H and O–H groups in total. The Morgan fingerprint density at radius 3 is 2.36 bits per heavy atom. The summed E-state index contributed by atoms with van der Waals surface area (Å²) in [5, 5.41) is 7.92. The van der Waals surface area contributed by atoms with Gasteiger partial charge >= 0.3 is 0 Å². The van der Waals surface area contributed by atoms with Crippen molar-refractivity contribution in [2.75, 3.05) is 0 Å². The summed E-state index contributed by atoms with van der Waals surface area (Å²) in [7, 11) is 0. The van der Waals surface area contributed by atoms with Crippen LogP contribution in [0.2, 0.25) is 0 Å². The molecule has 1 aliphatic rings. The lowest BCUT2D eigenvalue weighted by molar-refractivity contribution is -0.154. The van der Waals surface area contributed by atoms with Gasteiger partial charge in [-0.15, -0.1) is 0 Å². The van der Waals surface area contributed by atoms with Crippen molar-refractivity contribution in [3.63, 3.8) is 0 Å². The number of halogens is 1. The van der Waals surface area contributed by atoms with E-state index in [2.05, 4.69) is 0 Å². The van der Waals surface area contributed by atoms with Crippen molar-refractivity contribution in [1.29, 1.82) is 0 Å². The third kappa shape index (κ3) is 2.25. The number of unbranched alkanes of at least 4 members (excludes halogenated alkanes) is 1. The molecule has 2 amide bonds. The van der Waals surface area contributed by atoms with Gasteiger partial charge in [-0.05, 0) is 6.42 Å². The number of nitrogens with zero attached hydrogens (tertiary/aromatic N) is 1. The molecule has 4 nitrogen and oxygen atoms in total. The smallest absolute Gasteiger partial charge is 0.233 e. The van der Waals surface area contributed by atoms with E-state index in [1.54, 1.807) is 0 Å². The SMILES string of the molecule is CCCCC(O)(Cl)N1C(=O)CCC1=O. The van der Waals surface area contributed by atoms with Gasteiger partial charge in [0.05, 0.1) is 0 Å². The second-order valence-electron chi connectivity index (χ2n) is 3.45. The maximum Gasteiger partial charge on any atom is 0.233 e. The highest BCUT2D eigenvalue weighted by Crippen LogP contribution is 2.29. The van der Waals surface area contributed by atoms with E-state index in [1.807, 2.05) is 6.92 Å². The van der Waals surface area contributed by atoms with Crippen LogP contribution in [0.15, 0.2) is 0 Å². The number of carbonyl (C=O) groups is 2. The first-order chi connectivity index (χ1) is 6.49. The van der Waals surface area contributed by atoms with Crippen LogP contribution in [0.1, 0.15) is 39.0 Å². The molecule has 1 atom stereocenters. The molecule has 0 saturated carbocycles. The number of hydrogen-bond acceptors (Lipinski definition) is 3. The zero-order valence-corrected chi connectivity index (χ0v) is 8.88. The topological polar surface area (TPSA) is 57.6 Å². The lowest BCUT2D eigenvalue weighted by Gasteiger charge is -2.29. The first-order valence-corrected chi connectivity index (χ1v) is 5.14. The van der Waals surface area contributed by atoms with Gasteiger partial charge in [0, 0.05) is 19.3 Å². The standard InChI is InChI=1S/C9H14ClNO3/c1-2-3-6-9(10,14)11-7(12)4-5-8(11)13/h14H,2-6H2,1H3. The Labute approximate surface area is 87.8 Å². The highest BCUT2D eigenvalue weighted by atomic mass is 35.5. The molecule has 0 aromatic heterocycles. The normalized spacial score (nSPS) is 21.5. The van der Waals surface area contributed by atoms with Crippen LogP contribution in [0.5, 0.6) is 0 Å². The van der Waals surface area contributed by atoms with Gasteiger partial charge in [0.2, 0.25) is 17.0 Å². The fraction of sp³-hybridized carbons (Fsp3) is 0.778. The summed E-state index contributed by atoms with van der Waals surface area (Å²) < 4.78 is 0. The van der Waals surface area contributed by atoms with E-state index >= 15 is 0 Å². The Bertz CT molecular complexity index is 236. The van der Waals surface area contributed by atoms with Crippen molar-refractivity contribution >= 4 is 23.4 Å². The number of hydrogen-bond donors (Lipinski definition) is 1. The molecular weight excluding hydrogens is 206 g/mol. The molecule has 0 aromatic carbocycles. The summed E-state index contributed by atoms with van der Waals surface area (Å²) in [4.78, 5) is 23.3. The highest BCUT2D eigenvalue weighted by molar-refractivity contribution is 6.25. The molecule has 14 heavy (non-hydrogen) atoms. The molecular formula is C9H14ClNO3. The minimum Gasteiger partial charge on any atom is -0.358 e. The predicted octanol–water partition coefficient (Wildman–Crippen LogP) is 1.21. The minimum atomic E-state index is -1.82. The quantitative estimate of drug-likeness (QED) is 0.439. The predicted molar refractivity (Wildman–Crippen MR) is 51.4 cm³/mol. The Morgan fingerprint density at radius 2 is 1.93 bits per heavy atom. The van der Waals surface area contributed by atoms with Gasteiger partial charge in [-0.3, -0.25) is 9.59 Å². The van der Waals surface area contributed by atoms with Crippen LogP contribution < -0.4 is 0 Å². The Morgan fingerprint density at radius 1 is 1.43 bits per heavy atom. The Hall–Kier alpha value is -0.610. The Balaban J connectivity index is 2.69. The van der Waals surface area contributed by atoms with Crippen molar-refractivity contribution < 1.29 is 14.7 Å². The molecule has 0 radical (unpaired) electrons. The van der Waals surface area contributed by atoms with Crippen molar-refractivity contribution in [1.82, 2.24) is 4.90 Å². The van der Waals surface area contributed by atoms with Crippen LogP contribution >= 0.6 is 11.6 Å². The molecule has 1 unspecified atom stereocenters. The average molecular weight is 220 g/mol. The number of likely N-dealkylation sites (tertiary alicyclic amines) is 1. The number of rotatable bonds is 4. The third-order valence-electron chi connectivity index (χ3n) is 2.24. The number of imide groups is 1. The van der Waals surface area contributed by atoms with Crippen LogP contribution in [-0.2, 0) is 9.59 Å². The van der Waals surface area contributed by atoms with Crippen LogP contribution in [-0.4, -0.2) is 27.0 Å². The summed E-state index contributed by atoms with van der Waals surface area (Å²) in [6, 6.07) is 0. The van der Waals surface area contributed by atoms with Gasteiger partial charge in [-0.25, -0.2) is 4.90 Å². The second kappa shape index (κ2) is 4.28. The molecule has 1 heterocycles. The van der Waals surface area contributed by atoms with Crippen molar-refractivity contribution in [3.8, 4) is 0 Å². The summed E-state index contributed by atoms with van der Waals surface area (Å²) in [5.41, 5.74) is 0. The molecule has 1 saturated heterocycles. The van der Waals surface area contributed by atoms with Gasteiger partial charge < -0.3 is 5.11 Å². The average Bonchev–Trinajstić information content (AvgIpc) is 2.43. The summed E-state index contributed by atoms with van der Waals surface area (Å²) in [5.74, 6) is -0.771. The van der Waals surface area contributed by atoms with Gasteiger partial charge in [0.1, 0.15) is 0 Å². The minimum absolute atomic E-state index is 0.153. The van der Waals surface area contributed by atoms with E-state index < -0.39 is 5.18 Å². The number of aliphatic hydroxyl groups is 1. The van der Waals surface area contributed by atoms with Gasteiger partial charge in [-0.1, -0.05) is 24.9 Å². The van der Waals surface area contributed by atoms with Crippen LogP contribution in [0.4, 0.5) is 0 Å². The lowest BCUT2D eigenvalue weighted by atomic mass is 10.2. The second-order valence-corrected chi connectivity index (χ2v) is 4.05. The fourth-order valence-electron chi connectivity index (χ4n) is 1.47. The number of carbonyl (C=O) groups excluding carboxylic acids is 2. The van der Waals surface area contributed by atoms with E-state index in [4.69, 9.17) is 11.6 Å². The first-order valence-electron chi connectivity index (χ1n) is 4.76. The van der Waals surface area contributed by atoms with Crippen molar-refractivity contribution in [2.45, 2.75) is 44.2 Å². The van der Waals surface area contributed by atoms with Crippen LogP contribution in [0.3, 0.4) is 0 Å². The van der Waals surface area contributed by atoms with E-state index in [1.165, 1.54) is 0 Å². The van der Waals surface area contributed by atoms with Crippen molar-refractivity contribution in [3.05, 3.63) is 0 Å². The number of alkyl halides is 1. The summed E-state index contributed by atoms with van der Waals surface area (Å²) >= 11 is 5.75. The van der Waals surface area contributed by atoms with E-state index in [0.717, 1.165) is 11.3 Å². The maximum atomic E-state index is 11.3. The third-order valence-corrected chi connectivity index (χ3v) is 2.60. The van der Waals surface area contributed by atoms with Gasteiger partial charge in [-0.2, -0.15) is 0 Å². The van der Waals surface area contributed by atoms with E-state index in [9.17, 15) is 14.7 Å². The van der Waals surface area contributed by atoms with Gasteiger partial charge in [0.25, 0.3) is 0 Å². The molecule has 0 aliphatic carbocycles. The van der Waals surface area contributed by atoms with Crippen molar-refractivity contribution in [2.24, 2.45) is 0 Å². The summed E-state index contributed by atoms with van der Waals surface area (Å²) in [6.45, 7) is 1.95. The van der Waals surface area contributed by atoms with Crippen LogP contribution in [0.25, 0.3) is 0 Å². The van der Waals surface area contributed by atoms with E-state index in [0.29, 0.717) is 6.42 Å². The van der Waals surface area contributed by atoms with Gasteiger partial charge in [0.15, 0.2) is 0 Å². The molecule has 0 bridgehead atoms. The summed E-state index contributed by atoms with van der Waals surface area (Å²) in [6.07, 6.45) is 2.06. The van der Waals surface area contributed by atoms with Crippen LogP contribution in [0, 0.1) is 0 Å². The largest absolute Gasteiger partial charge is 0.358 e.